The minimum absolute atomic E-state index is 0.252. The number of nitrogens with zero attached hydrogens (tertiary/aromatic N) is 2. The number of carbonyl (C=O) groups excluding carboxylic acids is 2. The van der Waals surface area contributed by atoms with Crippen molar-refractivity contribution >= 4 is 34.9 Å². The van der Waals surface area contributed by atoms with Crippen LogP contribution in [-0.2, 0) is 23.8 Å². The Morgan fingerprint density at radius 1 is 0.969 bits per heavy atom. The molecule has 2 aliphatic rings. The zero-order chi connectivity index (χ0) is 22.7. The van der Waals surface area contributed by atoms with Gasteiger partial charge in [-0.3, -0.25) is 9.69 Å². The van der Waals surface area contributed by atoms with Crippen LogP contribution in [-0.4, -0.2) is 63.5 Å². The van der Waals surface area contributed by atoms with Crippen LogP contribution in [0.4, 0.5) is 5.69 Å². The molecule has 0 aliphatic carbocycles. The quantitative estimate of drug-likeness (QED) is 0.640. The maximum Gasteiger partial charge on any atom is 0.336 e. The van der Waals surface area contributed by atoms with Crippen molar-refractivity contribution < 1.29 is 23.8 Å². The molecule has 2 aliphatic heterocycles. The van der Waals surface area contributed by atoms with E-state index in [2.05, 4.69) is 4.90 Å². The third kappa shape index (κ3) is 3.99. The van der Waals surface area contributed by atoms with E-state index in [9.17, 15) is 9.59 Å². The molecule has 8 heteroatoms. The smallest absolute Gasteiger partial charge is 0.336 e. The predicted molar refractivity (Wildman–Crippen MR) is 121 cm³/mol. The summed E-state index contributed by atoms with van der Waals surface area (Å²) in [7, 11) is 2.64. The Labute approximate surface area is 192 Å². The van der Waals surface area contributed by atoms with Crippen molar-refractivity contribution in [2.45, 2.75) is 6.17 Å². The first-order valence-corrected chi connectivity index (χ1v) is 10.8. The van der Waals surface area contributed by atoms with Gasteiger partial charge in [-0.25, -0.2) is 4.79 Å². The van der Waals surface area contributed by atoms with E-state index in [0.29, 0.717) is 42.7 Å². The third-order valence-electron chi connectivity index (χ3n) is 5.81. The van der Waals surface area contributed by atoms with Gasteiger partial charge in [0.25, 0.3) is 0 Å². The van der Waals surface area contributed by atoms with Gasteiger partial charge in [-0.15, -0.1) is 0 Å². The average molecular weight is 457 g/mol. The number of esters is 2. The summed E-state index contributed by atoms with van der Waals surface area (Å²) in [6.07, 6.45) is -0.532. The van der Waals surface area contributed by atoms with E-state index in [1.807, 2.05) is 53.4 Å². The van der Waals surface area contributed by atoms with Gasteiger partial charge in [-0.05, 0) is 17.7 Å². The third-order valence-corrected chi connectivity index (χ3v) is 6.13. The van der Waals surface area contributed by atoms with E-state index >= 15 is 0 Å². The summed E-state index contributed by atoms with van der Waals surface area (Å²) in [6.45, 7) is 2.23. The summed E-state index contributed by atoms with van der Waals surface area (Å²) >= 11 is 6.64. The second kappa shape index (κ2) is 9.73. The minimum atomic E-state index is -0.892. The van der Waals surface area contributed by atoms with Gasteiger partial charge in [-0.2, -0.15) is 0 Å². The molecule has 2 aromatic rings. The van der Waals surface area contributed by atoms with Crippen molar-refractivity contribution in [1.29, 1.82) is 0 Å². The number of carbonyl (C=O) groups is 2. The van der Waals surface area contributed by atoms with E-state index in [0.717, 1.165) is 5.56 Å². The predicted octanol–water partition coefficient (Wildman–Crippen LogP) is 3.19. The molecule has 0 amide bonds. The van der Waals surface area contributed by atoms with Crippen molar-refractivity contribution in [3.63, 3.8) is 0 Å². The van der Waals surface area contributed by atoms with E-state index in [-0.39, 0.29) is 5.57 Å². The fraction of sp³-hybridized carbons (Fsp3) is 0.333. The zero-order valence-electron chi connectivity index (χ0n) is 18.0. The SMILES string of the molecule is COC(=O)C1=C(c2ccccc2)N(c2ccccc2Cl)C(N2CCOCC2)C1C(=O)OC. The molecule has 0 spiro atoms. The number of rotatable bonds is 5. The van der Waals surface area contributed by atoms with Gasteiger partial charge in [0.15, 0.2) is 0 Å². The Morgan fingerprint density at radius 3 is 2.25 bits per heavy atom. The van der Waals surface area contributed by atoms with Gasteiger partial charge in [0.2, 0.25) is 0 Å². The number of anilines is 1. The highest BCUT2D eigenvalue weighted by Crippen LogP contribution is 2.47. The van der Waals surface area contributed by atoms with Crippen LogP contribution in [0.5, 0.6) is 0 Å². The summed E-state index contributed by atoms with van der Waals surface area (Å²) in [6, 6.07) is 16.9. The highest BCUT2D eigenvalue weighted by atomic mass is 35.5. The Morgan fingerprint density at radius 2 is 1.62 bits per heavy atom. The Kier molecular flexibility index (Phi) is 6.79. The van der Waals surface area contributed by atoms with Crippen molar-refractivity contribution in [2.24, 2.45) is 5.92 Å². The van der Waals surface area contributed by atoms with Gasteiger partial charge in [0, 0.05) is 13.1 Å². The van der Waals surface area contributed by atoms with Crippen LogP contribution >= 0.6 is 11.6 Å². The first-order chi connectivity index (χ1) is 15.6. The van der Waals surface area contributed by atoms with Crippen LogP contribution in [0, 0.1) is 5.92 Å². The van der Waals surface area contributed by atoms with Gasteiger partial charge >= 0.3 is 11.9 Å². The van der Waals surface area contributed by atoms with E-state index in [1.54, 1.807) is 6.07 Å². The van der Waals surface area contributed by atoms with Crippen molar-refractivity contribution in [3.8, 4) is 0 Å². The van der Waals surface area contributed by atoms with Crippen LogP contribution in [0.15, 0.2) is 60.2 Å². The molecule has 1 saturated heterocycles. The fourth-order valence-corrected chi connectivity index (χ4v) is 4.65. The standard InChI is InChI=1S/C24H25ClN2O5/c1-30-23(28)19-20(24(29)31-2)22(26-12-14-32-15-13-26)27(18-11-7-6-10-17(18)25)21(19)16-8-4-3-5-9-16/h3-11,20,22H,12-15H2,1-2H3. The summed E-state index contributed by atoms with van der Waals surface area (Å²) in [4.78, 5) is 30.4. The van der Waals surface area contributed by atoms with Gasteiger partial charge < -0.3 is 19.1 Å². The lowest BCUT2D eigenvalue weighted by Gasteiger charge is -2.41. The summed E-state index contributed by atoms with van der Waals surface area (Å²) in [5.74, 6) is -1.98. The number of para-hydroxylation sites is 1. The number of morpholine rings is 1. The number of methoxy groups -OCH3 is 2. The number of benzene rings is 2. The van der Waals surface area contributed by atoms with E-state index < -0.39 is 24.0 Å². The molecule has 4 rings (SSSR count). The first kappa shape index (κ1) is 22.3. The summed E-state index contributed by atoms with van der Waals surface area (Å²) < 4.78 is 15.9. The lowest BCUT2D eigenvalue weighted by Crippen LogP contribution is -2.54. The molecule has 0 N–H and O–H groups in total. The van der Waals surface area contributed by atoms with Crippen LogP contribution in [0.25, 0.3) is 5.70 Å². The van der Waals surface area contributed by atoms with Crippen molar-refractivity contribution in [2.75, 3.05) is 45.4 Å². The number of halogens is 1. The molecule has 0 aromatic heterocycles. The molecule has 2 atom stereocenters. The summed E-state index contributed by atoms with van der Waals surface area (Å²) in [5.41, 5.74) is 2.30. The lowest BCUT2D eigenvalue weighted by molar-refractivity contribution is -0.149. The molecule has 1 fully saturated rings. The van der Waals surface area contributed by atoms with Crippen LogP contribution in [0.3, 0.4) is 0 Å². The number of ether oxygens (including phenoxy) is 3. The molecular weight excluding hydrogens is 432 g/mol. The van der Waals surface area contributed by atoms with E-state index in [4.69, 9.17) is 25.8 Å². The minimum Gasteiger partial charge on any atom is -0.468 e. The topological polar surface area (TPSA) is 68.3 Å². The average Bonchev–Trinajstić information content (AvgIpc) is 3.20. The van der Waals surface area contributed by atoms with Crippen LogP contribution in [0.2, 0.25) is 5.02 Å². The first-order valence-electron chi connectivity index (χ1n) is 10.4. The van der Waals surface area contributed by atoms with Crippen LogP contribution < -0.4 is 4.90 Å². The molecular formula is C24H25ClN2O5. The lowest BCUT2D eigenvalue weighted by atomic mass is 9.95. The highest BCUT2D eigenvalue weighted by Gasteiger charge is 2.52. The van der Waals surface area contributed by atoms with Crippen molar-refractivity contribution in [1.82, 2.24) is 4.90 Å². The van der Waals surface area contributed by atoms with Gasteiger partial charge in [0.05, 0.1) is 49.4 Å². The maximum atomic E-state index is 13.2. The second-order valence-electron chi connectivity index (χ2n) is 7.50. The fourth-order valence-electron chi connectivity index (χ4n) is 4.42. The molecule has 32 heavy (non-hydrogen) atoms. The molecule has 2 unspecified atom stereocenters. The Balaban J connectivity index is 2.01. The number of hydrogen-bond acceptors (Lipinski definition) is 7. The number of hydrogen-bond donors (Lipinski definition) is 0. The van der Waals surface area contributed by atoms with Crippen LogP contribution in [0.1, 0.15) is 5.56 Å². The van der Waals surface area contributed by atoms with E-state index in [1.165, 1.54) is 14.2 Å². The Bertz CT molecular complexity index is 1020. The normalized spacial score (nSPS) is 21.5. The molecule has 0 saturated carbocycles. The van der Waals surface area contributed by atoms with Gasteiger partial charge in [0.1, 0.15) is 12.1 Å². The zero-order valence-corrected chi connectivity index (χ0v) is 18.7. The monoisotopic (exact) mass is 456 g/mol. The molecule has 2 aromatic carbocycles. The second-order valence-corrected chi connectivity index (χ2v) is 7.91. The molecule has 0 radical (unpaired) electrons. The Hall–Kier alpha value is -2.87. The molecule has 168 valence electrons. The molecule has 7 nitrogen and oxygen atoms in total. The summed E-state index contributed by atoms with van der Waals surface area (Å²) in [5, 5.41) is 0.508. The molecule has 2 heterocycles. The molecule has 0 bridgehead atoms. The maximum absolute atomic E-state index is 13.2. The highest BCUT2D eigenvalue weighted by molar-refractivity contribution is 6.33. The largest absolute Gasteiger partial charge is 0.468 e. The van der Waals surface area contributed by atoms with Crippen molar-refractivity contribution in [3.05, 3.63) is 70.8 Å². The van der Waals surface area contributed by atoms with Gasteiger partial charge in [-0.1, -0.05) is 54.1 Å².